The zero-order valence-electron chi connectivity index (χ0n) is 22.6. The van der Waals surface area contributed by atoms with Crippen LogP contribution in [0.25, 0.3) is 0 Å². The van der Waals surface area contributed by atoms with Gasteiger partial charge in [-0.1, -0.05) is 72.8 Å². The van der Waals surface area contributed by atoms with Crippen molar-refractivity contribution in [2.24, 2.45) is 5.73 Å². The van der Waals surface area contributed by atoms with Crippen LogP contribution < -0.4 is 16.0 Å². The number of rotatable bonds is 9. The summed E-state index contributed by atoms with van der Waals surface area (Å²) >= 11 is 0. The summed E-state index contributed by atoms with van der Waals surface area (Å²) in [5, 5.41) is 2.81. The number of carbonyl (C=O) groups is 3. The highest BCUT2D eigenvalue weighted by Crippen LogP contribution is 2.28. The number of halogens is 3. The number of ketones is 1. The van der Waals surface area contributed by atoms with Gasteiger partial charge in [-0.3, -0.25) is 19.4 Å². The third kappa shape index (κ3) is 7.59. The first-order valence-electron chi connectivity index (χ1n) is 13.1. The molecule has 0 aliphatic carbocycles. The second-order valence-electron chi connectivity index (χ2n) is 9.87. The minimum absolute atomic E-state index is 0. The van der Waals surface area contributed by atoms with Gasteiger partial charge < -0.3 is 16.0 Å². The van der Waals surface area contributed by atoms with Crippen LogP contribution in [-0.4, -0.2) is 34.7 Å². The van der Waals surface area contributed by atoms with Crippen LogP contribution in [0.4, 0.5) is 10.1 Å². The van der Waals surface area contributed by atoms with Gasteiger partial charge in [0.25, 0.3) is 0 Å². The van der Waals surface area contributed by atoms with E-state index in [0.29, 0.717) is 28.1 Å². The van der Waals surface area contributed by atoms with Gasteiger partial charge in [0.05, 0.1) is 17.9 Å². The number of hydrogen-bond acceptors (Lipinski definition) is 5. The van der Waals surface area contributed by atoms with Crippen molar-refractivity contribution in [3.8, 4) is 0 Å². The first kappa shape index (κ1) is 32.4. The van der Waals surface area contributed by atoms with E-state index in [9.17, 15) is 18.8 Å². The summed E-state index contributed by atoms with van der Waals surface area (Å²) in [4.78, 5) is 45.2. The second-order valence-corrected chi connectivity index (χ2v) is 9.87. The van der Waals surface area contributed by atoms with Crippen molar-refractivity contribution >= 4 is 48.1 Å². The van der Waals surface area contributed by atoms with E-state index in [1.54, 1.807) is 59.6 Å². The molecule has 7 nitrogen and oxygen atoms in total. The fourth-order valence-electron chi connectivity index (χ4n) is 4.91. The van der Waals surface area contributed by atoms with Crippen molar-refractivity contribution in [3.05, 3.63) is 131 Å². The topological polar surface area (TPSA) is 105 Å². The van der Waals surface area contributed by atoms with E-state index in [1.807, 2.05) is 36.4 Å². The Balaban J connectivity index is 0.00000242. The van der Waals surface area contributed by atoms with Crippen molar-refractivity contribution in [2.45, 2.75) is 37.9 Å². The third-order valence-corrected chi connectivity index (χ3v) is 6.93. The first-order valence-corrected chi connectivity index (χ1v) is 13.1. The number of aromatic nitrogens is 1. The van der Waals surface area contributed by atoms with Gasteiger partial charge in [0, 0.05) is 36.2 Å². The van der Waals surface area contributed by atoms with Gasteiger partial charge in [-0.2, -0.15) is 0 Å². The molecule has 0 fully saturated rings. The Morgan fingerprint density at radius 3 is 2.31 bits per heavy atom. The number of nitrogens with zero attached hydrogens (tertiary/aromatic N) is 2. The SMILES string of the molecule is Cl.Cl.N[C@@H](CC(=O)NC1Cc2ncccc2N(Cc2ccc(C(=O)c3ccccc3)cc2)C1=O)Cc1ccccc1F. The summed E-state index contributed by atoms with van der Waals surface area (Å²) in [6.45, 7) is 0.247. The van der Waals surface area contributed by atoms with Crippen LogP contribution >= 0.6 is 24.8 Å². The quantitative estimate of drug-likeness (QED) is 0.265. The zero-order valence-corrected chi connectivity index (χ0v) is 24.2. The summed E-state index contributed by atoms with van der Waals surface area (Å²) < 4.78 is 14.0. The van der Waals surface area contributed by atoms with Crippen LogP contribution in [0, 0.1) is 5.82 Å². The van der Waals surface area contributed by atoms with Crippen LogP contribution in [0.5, 0.6) is 0 Å². The Labute approximate surface area is 256 Å². The summed E-state index contributed by atoms with van der Waals surface area (Å²) in [7, 11) is 0. The maximum Gasteiger partial charge on any atom is 0.250 e. The summed E-state index contributed by atoms with van der Waals surface area (Å²) in [6, 6.07) is 24.7. The first-order chi connectivity index (χ1) is 19.4. The molecule has 2 amide bonds. The molecule has 42 heavy (non-hydrogen) atoms. The molecule has 5 rings (SSSR count). The molecule has 4 aromatic rings. The zero-order chi connectivity index (χ0) is 28.1. The largest absolute Gasteiger partial charge is 0.344 e. The van der Waals surface area contributed by atoms with E-state index < -0.39 is 12.1 Å². The van der Waals surface area contributed by atoms with Gasteiger partial charge >= 0.3 is 0 Å². The molecule has 0 bridgehead atoms. The lowest BCUT2D eigenvalue weighted by atomic mass is 9.99. The Bertz CT molecular complexity index is 1540. The predicted molar refractivity (Wildman–Crippen MR) is 165 cm³/mol. The number of amides is 2. The predicted octanol–water partition coefficient (Wildman–Crippen LogP) is 4.83. The number of benzene rings is 3. The normalized spacial score (nSPS) is 14.6. The highest BCUT2D eigenvalue weighted by molar-refractivity contribution is 6.09. The average Bonchev–Trinajstić information content (AvgIpc) is 2.97. The molecule has 1 aromatic heterocycles. The number of pyridine rings is 1. The van der Waals surface area contributed by atoms with Gasteiger partial charge in [-0.05, 0) is 35.7 Å². The van der Waals surface area contributed by atoms with Crippen molar-refractivity contribution in [3.63, 3.8) is 0 Å². The van der Waals surface area contributed by atoms with Crippen molar-refractivity contribution in [1.29, 1.82) is 0 Å². The van der Waals surface area contributed by atoms with Crippen molar-refractivity contribution < 1.29 is 18.8 Å². The lowest BCUT2D eigenvalue weighted by Gasteiger charge is -2.34. The summed E-state index contributed by atoms with van der Waals surface area (Å²) in [6.07, 6.45) is 2.06. The molecule has 1 aliphatic heterocycles. The van der Waals surface area contributed by atoms with E-state index in [4.69, 9.17) is 5.73 Å². The van der Waals surface area contributed by atoms with Crippen LogP contribution in [0.1, 0.15) is 39.2 Å². The van der Waals surface area contributed by atoms with Gasteiger partial charge in [-0.15, -0.1) is 24.8 Å². The molecule has 3 N–H and O–H groups in total. The van der Waals surface area contributed by atoms with Gasteiger partial charge in [0.1, 0.15) is 11.9 Å². The standard InChI is InChI=1S/C32H29FN4O3.2ClH/c33-26-10-5-4-9-24(26)17-25(34)18-30(38)36-28-19-27-29(11-6-16-35-27)37(32(28)40)20-21-12-14-23(15-13-21)31(39)22-7-2-1-3-8-22;;/h1-16,25,28H,17-20,34H2,(H,36,38);2*1H/t25-,28?;;/m1../s1. The van der Waals surface area contributed by atoms with E-state index in [0.717, 1.165) is 5.56 Å². The number of hydrogen-bond donors (Lipinski definition) is 2. The highest BCUT2D eigenvalue weighted by atomic mass is 35.5. The van der Waals surface area contributed by atoms with Gasteiger partial charge in [0.15, 0.2) is 5.78 Å². The van der Waals surface area contributed by atoms with E-state index in [-0.39, 0.29) is 74.0 Å². The fourth-order valence-corrected chi connectivity index (χ4v) is 4.91. The maximum atomic E-state index is 14.0. The molecule has 0 saturated carbocycles. The Kier molecular flexibility index (Phi) is 11.3. The minimum atomic E-state index is -0.811. The van der Waals surface area contributed by atoms with E-state index >= 15 is 0 Å². The summed E-state index contributed by atoms with van der Waals surface area (Å²) in [5.74, 6) is -1.09. The lowest BCUT2D eigenvalue weighted by Crippen LogP contribution is -2.53. The highest BCUT2D eigenvalue weighted by Gasteiger charge is 2.34. The lowest BCUT2D eigenvalue weighted by molar-refractivity contribution is -0.128. The van der Waals surface area contributed by atoms with Crippen LogP contribution in [0.15, 0.2) is 97.2 Å². The number of fused-ring (bicyclic) bond motifs is 1. The molecule has 3 aromatic carbocycles. The van der Waals surface area contributed by atoms with Gasteiger partial charge in [0.2, 0.25) is 11.8 Å². The summed E-state index contributed by atoms with van der Waals surface area (Å²) in [5.41, 5.74) is 9.93. The molecule has 1 aliphatic rings. The molecule has 2 heterocycles. The molecule has 218 valence electrons. The maximum absolute atomic E-state index is 14.0. The Morgan fingerprint density at radius 1 is 0.929 bits per heavy atom. The molecule has 10 heteroatoms. The second kappa shape index (κ2) is 14.7. The van der Waals surface area contributed by atoms with Crippen LogP contribution in [-0.2, 0) is 29.0 Å². The Morgan fingerprint density at radius 2 is 1.60 bits per heavy atom. The van der Waals surface area contributed by atoms with Gasteiger partial charge in [-0.25, -0.2) is 4.39 Å². The molecular weight excluding hydrogens is 578 g/mol. The fraction of sp³-hybridized carbons (Fsp3) is 0.188. The molecule has 1 unspecified atom stereocenters. The van der Waals surface area contributed by atoms with Crippen molar-refractivity contribution in [1.82, 2.24) is 10.3 Å². The molecule has 2 atom stereocenters. The average molecular weight is 610 g/mol. The smallest absolute Gasteiger partial charge is 0.250 e. The number of nitrogens with two attached hydrogens (primary N) is 1. The monoisotopic (exact) mass is 608 g/mol. The number of anilines is 1. The van der Waals surface area contributed by atoms with Crippen LogP contribution in [0.2, 0.25) is 0 Å². The Hall–Kier alpha value is -4.11. The molecular formula is C32H31Cl2FN4O3. The van der Waals surface area contributed by atoms with E-state index in [1.165, 1.54) is 6.07 Å². The minimum Gasteiger partial charge on any atom is -0.344 e. The molecule has 0 spiro atoms. The third-order valence-electron chi connectivity index (χ3n) is 6.93. The van der Waals surface area contributed by atoms with Crippen molar-refractivity contribution in [2.75, 3.05) is 4.90 Å². The number of carbonyl (C=O) groups excluding carboxylic acids is 3. The molecule has 0 radical (unpaired) electrons. The number of nitrogens with one attached hydrogen (secondary N) is 1. The van der Waals surface area contributed by atoms with E-state index in [2.05, 4.69) is 10.3 Å². The van der Waals surface area contributed by atoms with Crippen LogP contribution in [0.3, 0.4) is 0 Å². The molecule has 0 saturated heterocycles.